The van der Waals surface area contributed by atoms with Crippen LogP contribution in [-0.4, -0.2) is 35.3 Å². The number of nitrogens with one attached hydrogen (secondary N) is 2. The van der Waals surface area contributed by atoms with E-state index in [1.165, 1.54) is 0 Å². The van der Waals surface area contributed by atoms with Crippen molar-refractivity contribution < 1.29 is 4.79 Å². The van der Waals surface area contributed by atoms with Gasteiger partial charge in [0.15, 0.2) is 0 Å². The van der Waals surface area contributed by atoms with Gasteiger partial charge in [-0.25, -0.2) is 0 Å². The highest BCUT2D eigenvalue weighted by Gasteiger charge is 2.21. The molecule has 1 aromatic rings. The van der Waals surface area contributed by atoms with E-state index >= 15 is 0 Å². The highest BCUT2D eigenvalue weighted by molar-refractivity contribution is 5.79. The molecule has 88 valence electrons. The average molecular weight is 222 g/mol. The first-order chi connectivity index (χ1) is 7.75. The summed E-state index contributed by atoms with van der Waals surface area (Å²) in [6.07, 6.45) is 2.88. The van der Waals surface area contributed by atoms with Gasteiger partial charge in [-0.1, -0.05) is 0 Å². The van der Waals surface area contributed by atoms with Crippen LogP contribution in [0.5, 0.6) is 0 Å². The molecule has 0 saturated carbocycles. The van der Waals surface area contributed by atoms with Gasteiger partial charge in [-0.2, -0.15) is 5.10 Å². The Hall–Kier alpha value is -1.36. The zero-order valence-electron chi connectivity index (χ0n) is 9.57. The quantitative estimate of drug-likeness (QED) is 0.749. The van der Waals surface area contributed by atoms with Crippen LogP contribution in [0.2, 0.25) is 0 Å². The number of amides is 1. The van der Waals surface area contributed by atoms with Crippen LogP contribution >= 0.6 is 0 Å². The number of hydrogen-bond donors (Lipinski definition) is 2. The van der Waals surface area contributed by atoms with E-state index in [0.717, 1.165) is 31.7 Å². The zero-order chi connectivity index (χ0) is 11.4. The van der Waals surface area contributed by atoms with Crippen LogP contribution in [0.15, 0.2) is 12.3 Å². The normalized spacial score (nSPS) is 19.9. The number of carbonyl (C=O) groups is 1. The van der Waals surface area contributed by atoms with Crippen molar-refractivity contribution in [1.82, 2.24) is 20.4 Å². The molecule has 1 fully saturated rings. The third-order valence-corrected chi connectivity index (χ3v) is 2.85. The fourth-order valence-electron chi connectivity index (χ4n) is 1.90. The molecule has 0 radical (unpaired) electrons. The maximum atomic E-state index is 11.7. The van der Waals surface area contributed by atoms with Crippen LogP contribution in [0.3, 0.4) is 0 Å². The molecule has 5 heteroatoms. The molecule has 2 rings (SSSR count). The Kier molecular flexibility index (Phi) is 3.56. The van der Waals surface area contributed by atoms with Gasteiger partial charge in [-0.15, -0.1) is 0 Å². The molecule has 0 bridgehead atoms. The van der Waals surface area contributed by atoms with Crippen molar-refractivity contribution in [2.75, 3.05) is 19.6 Å². The van der Waals surface area contributed by atoms with Crippen molar-refractivity contribution in [2.45, 2.75) is 19.9 Å². The van der Waals surface area contributed by atoms with E-state index in [9.17, 15) is 4.79 Å². The monoisotopic (exact) mass is 222 g/mol. The number of carbonyl (C=O) groups excluding carboxylic acids is 1. The zero-order valence-corrected chi connectivity index (χ0v) is 9.57. The first kappa shape index (κ1) is 11.1. The second-order valence-electron chi connectivity index (χ2n) is 4.20. The molecule has 1 saturated heterocycles. The van der Waals surface area contributed by atoms with Gasteiger partial charge in [0, 0.05) is 19.3 Å². The number of hydrogen-bond acceptors (Lipinski definition) is 3. The summed E-state index contributed by atoms with van der Waals surface area (Å²) < 4.78 is 1.85. The molecule has 2 heterocycles. The van der Waals surface area contributed by atoms with E-state index in [4.69, 9.17) is 0 Å². The van der Waals surface area contributed by atoms with Gasteiger partial charge in [0.2, 0.25) is 5.91 Å². The molecule has 1 aliphatic rings. The molecule has 1 atom stereocenters. The Balaban J connectivity index is 1.69. The SMILES string of the molecule is Cc1ccn(CCNC(=O)[C@H]2CCNC2)n1. The van der Waals surface area contributed by atoms with Crippen molar-refractivity contribution in [1.29, 1.82) is 0 Å². The molecule has 1 amide bonds. The molecule has 5 nitrogen and oxygen atoms in total. The van der Waals surface area contributed by atoms with E-state index in [2.05, 4.69) is 15.7 Å². The Morgan fingerprint density at radius 1 is 1.75 bits per heavy atom. The molecule has 2 N–H and O–H groups in total. The molecule has 0 unspecified atom stereocenters. The number of aromatic nitrogens is 2. The van der Waals surface area contributed by atoms with Crippen LogP contribution < -0.4 is 10.6 Å². The van der Waals surface area contributed by atoms with E-state index in [1.54, 1.807) is 0 Å². The van der Waals surface area contributed by atoms with E-state index in [0.29, 0.717) is 6.54 Å². The lowest BCUT2D eigenvalue weighted by atomic mass is 10.1. The molecule has 0 spiro atoms. The minimum atomic E-state index is 0.152. The Bertz CT molecular complexity index is 355. The van der Waals surface area contributed by atoms with Crippen LogP contribution in [0.1, 0.15) is 12.1 Å². The molecular weight excluding hydrogens is 204 g/mol. The largest absolute Gasteiger partial charge is 0.354 e. The predicted octanol–water partition coefficient (Wildman–Crippen LogP) is -0.0828. The minimum absolute atomic E-state index is 0.152. The fourth-order valence-corrected chi connectivity index (χ4v) is 1.90. The third-order valence-electron chi connectivity index (χ3n) is 2.85. The number of nitrogens with zero attached hydrogens (tertiary/aromatic N) is 2. The fraction of sp³-hybridized carbons (Fsp3) is 0.636. The Labute approximate surface area is 95.2 Å². The summed E-state index contributed by atoms with van der Waals surface area (Å²) in [5.41, 5.74) is 1.01. The van der Waals surface area contributed by atoms with Crippen LogP contribution in [0.25, 0.3) is 0 Å². The van der Waals surface area contributed by atoms with Gasteiger partial charge in [0.25, 0.3) is 0 Å². The standard InChI is InChI=1S/C11H18N4O/c1-9-3-6-15(14-9)7-5-13-11(16)10-2-4-12-8-10/h3,6,10,12H,2,4-5,7-8H2,1H3,(H,13,16)/t10-/m0/s1. The van der Waals surface area contributed by atoms with Crippen molar-refractivity contribution in [3.05, 3.63) is 18.0 Å². The van der Waals surface area contributed by atoms with Crippen molar-refractivity contribution >= 4 is 5.91 Å². The second-order valence-corrected chi connectivity index (χ2v) is 4.20. The Morgan fingerprint density at radius 2 is 2.62 bits per heavy atom. The number of aryl methyl sites for hydroxylation is 1. The predicted molar refractivity (Wildman–Crippen MR) is 61.0 cm³/mol. The van der Waals surface area contributed by atoms with Gasteiger partial charge < -0.3 is 10.6 Å². The summed E-state index contributed by atoms with van der Waals surface area (Å²) in [6, 6.07) is 1.96. The third kappa shape index (κ3) is 2.82. The molecule has 1 aliphatic heterocycles. The lowest BCUT2D eigenvalue weighted by Crippen LogP contribution is -2.34. The first-order valence-corrected chi connectivity index (χ1v) is 5.74. The van der Waals surface area contributed by atoms with Gasteiger partial charge in [0.05, 0.1) is 18.2 Å². The smallest absolute Gasteiger partial charge is 0.224 e. The van der Waals surface area contributed by atoms with Gasteiger partial charge >= 0.3 is 0 Å². The lowest BCUT2D eigenvalue weighted by Gasteiger charge is -2.09. The first-order valence-electron chi connectivity index (χ1n) is 5.74. The molecule has 16 heavy (non-hydrogen) atoms. The maximum absolute atomic E-state index is 11.7. The molecule has 1 aromatic heterocycles. The Morgan fingerprint density at radius 3 is 3.25 bits per heavy atom. The lowest BCUT2D eigenvalue weighted by molar-refractivity contribution is -0.124. The van der Waals surface area contributed by atoms with Crippen LogP contribution in [-0.2, 0) is 11.3 Å². The molecule has 0 aromatic carbocycles. The summed E-state index contributed by atoms with van der Waals surface area (Å²) in [7, 11) is 0. The van der Waals surface area contributed by atoms with Gasteiger partial charge in [0.1, 0.15) is 0 Å². The summed E-state index contributed by atoms with van der Waals surface area (Å²) >= 11 is 0. The second kappa shape index (κ2) is 5.12. The minimum Gasteiger partial charge on any atom is -0.354 e. The topological polar surface area (TPSA) is 59.0 Å². The summed E-state index contributed by atoms with van der Waals surface area (Å²) in [5, 5.41) is 10.4. The van der Waals surface area contributed by atoms with Crippen LogP contribution in [0, 0.1) is 12.8 Å². The average Bonchev–Trinajstić information content (AvgIpc) is 2.89. The van der Waals surface area contributed by atoms with Crippen molar-refractivity contribution in [2.24, 2.45) is 5.92 Å². The van der Waals surface area contributed by atoms with E-state index < -0.39 is 0 Å². The van der Waals surface area contributed by atoms with E-state index in [1.807, 2.05) is 23.9 Å². The van der Waals surface area contributed by atoms with Crippen molar-refractivity contribution in [3.63, 3.8) is 0 Å². The van der Waals surface area contributed by atoms with Crippen LogP contribution in [0.4, 0.5) is 0 Å². The highest BCUT2D eigenvalue weighted by Crippen LogP contribution is 2.06. The van der Waals surface area contributed by atoms with Gasteiger partial charge in [-0.05, 0) is 26.0 Å². The molecule has 0 aliphatic carbocycles. The highest BCUT2D eigenvalue weighted by atomic mass is 16.1. The summed E-state index contributed by atoms with van der Waals surface area (Å²) in [4.78, 5) is 11.7. The van der Waals surface area contributed by atoms with Crippen molar-refractivity contribution in [3.8, 4) is 0 Å². The van der Waals surface area contributed by atoms with E-state index in [-0.39, 0.29) is 11.8 Å². The maximum Gasteiger partial charge on any atom is 0.224 e. The molecular formula is C11H18N4O. The summed E-state index contributed by atoms with van der Waals surface area (Å²) in [6.45, 7) is 5.11. The summed E-state index contributed by atoms with van der Waals surface area (Å²) in [5.74, 6) is 0.313. The van der Waals surface area contributed by atoms with Gasteiger partial charge in [-0.3, -0.25) is 9.48 Å². The number of rotatable bonds is 4.